The maximum atomic E-state index is 12.1. The van der Waals surface area contributed by atoms with Crippen LogP contribution in [0.5, 0.6) is 0 Å². The van der Waals surface area contributed by atoms with Gasteiger partial charge in [0.25, 0.3) is 5.91 Å². The number of aliphatic hydroxyl groups excluding tert-OH is 1. The van der Waals surface area contributed by atoms with Gasteiger partial charge in [0.15, 0.2) is 0 Å². The van der Waals surface area contributed by atoms with Crippen LogP contribution in [-0.4, -0.2) is 46.9 Å². The van der Waals surface area contributed by atoms with E-state index in [1.54, 1.807) is 0 Å². The van der Waals surface area contributed by atoms with Gasteiger partial charge in [-0.05, 0) is 38.0 Å². The van der Waals surface area contributed by atoms with Crippen molar-refractivity contribution in [3.63, 3.8) is 0 Å². The first-order valence-electron chi connectivity index (χ1n) is 7.94. The molecule has 2 atom stereocenters. The normalized spacial score (nSPS) is 17.6. The van der Waals surface area contributed by atoms with Crippen molar-refractivity contribution in [2.75, 3.05) is 6.54 Å². The first kappa shape index (κ1) is 19.4. The molecule has 0 aromatic carbocycles. The number of hydrogen-bond acceptors (Lipinski definition) is 6. The number of nitrogens with one attached hydrogen (secondary N) is 2. The molecule has 8 heteroatoms. The van der Waals surface area contributed by atoms with Crippen LogP contribution in [0.2, 0.25) is 0 Å². The first-order valence-corrected chi connectivity index (χ1v) is 7.94. The Kier molecular flexibility index (Phi) is 7.97. The lowest BCUT2D eigenvalue weighted by Crippen LogP contribution is -2.46. The summed E-state index contributed by atoms with van der Waals surface area (Å²) in [5, 5.41) is 20.8. The van der Waals surface area contributed by atoms with Crippen LogP contribution < -0.4 is 10.8 Å². The second-order valence-electron chi connectivity index (χ2n) is 6.27. The Morgan fingerprint density at radius 3 is 2.30 bits per heavy atom. The van der Waals surface area contributed by atoms with E-state index in [1.807, 2.05) is 13.8 Å². The molecule has 1 aliphatic rings. The van der Waals surface area contributed by atoms with Crippen LogP contribution in [0.25, 0.3) is 0 Å². The van der Waals surface area contributed by atoms with E-state index in [4.69, 9.17) is 9.94 Å². The van der Waals surface area contributed by atoms with Crippen LogP contribution in [0.3, 0.4) is 0 Å². The van der Waals surface area contributed by atoms with Crippen molar-refractivity contribution in [3.8, 4) is 0 Å². The molecule has 0 aliphatic heterocycles. The molecule has 0 aromatic rings. The molecule has 0 aromatic heterocycles. The van der Waals surface area contributed by atoms with Gasteiger partial charge in [-0.3, -0.25) is 19.6 Å². The van der Waals surface area contributed by atoms with Gasteiger partial charge in [-0.1, -0.05) is 13.8 Å². The molecule has 132 valence electrons. The smallest absolute Gasteiger partial charge is 0.325 e. The predicted octanol–water partition coefficient (Wildman–Crippen LogP) is 0.117. The van der Waals surface area contributed by atoms with Crippen LogP contribution in [-0.2, 0) is 19.1 Å². The number of rotatable bonds is 8. The zero-order chi connectivity index (χ0) is 17.4. The largest absolute Gasteiger partial charge is 0.461 e. The van der Waals surface area contributed by atoms with Crippen molar-refractivity contribution in [1.29, 1.82) is 0 Å². The molecule has 4 N–H and O–H groups in total. The Morgan fingerprint density at radius 2 is 1.78 bits per heavy atom. The monoisotopic (exact) mass is 330 g/mol. The molecular formula is C15H26N2O6. The van der Waals surface area contributed by atoms with Crippen molar-refractivity contribution in [3.05, 3.63) is 0 Å². The fourth-order valence-corrected chi connectivity index (χ4v) is 2.66. The predicted molar refractivity (Wildman–Crippen MR) is 80.2 cm³/mol. The minimum absolute atomic E-state index is 0.0392. The van der Waals surface area contributed by atoms with Crippen LogP contribution in [0.4, 0.5) is 0 Å². The summed E-state index contributed by atoms with van der Waals surface area (Å²) in [7, 11) is 0. The summed E-state index contributed by atoms with van der Waals surface area (Å²) >= 11 is 0. The summed E-state index contributed by atoms with van der Waals surface area (Å²) < 4.78 is 5.22. The van der Waals surface area contributed by atoms with Crippen molar-refractivity contribution in [1.82, 2.24) is 10.8 Å². The summed E-state index contributed by atoms with van der Waals surface area (Å²) in [6, 6.07) is 0. The number of ether oxygens (including phenoxy) is 1. The molecule has 0 radical (unpaired) electrons. The summed E-state index contributed by atoms with van der Waals surface area (Å²) in [5.74, 6) is -3.23. The van der Waals surface area contributed by atoms with Crippen molar-refractivity contribution in [2.24, 2.45) is 11.8 Å². The van der Waals surface area contributed by atoms with Gasteiger partial charge in [-0.15, -0.1) is 0 Å². The fraction of sp³-hybridized carbons (Fsp3) is 0.800. The fourth-order valence-electron chi connectivity index (χ4n) is 2.66. The summed E-state index contributed by atoms with van der Waals surface area (Å²) in [4.78, 5) is 35.2. The van der Waals surface area contributed by atoms with Crippen molar-refractivity contribution < 1.29 is 29.4 Å². The zero-order valence-electron chi connectivity index (χ0n) is 13.6. The van der Waals surface area contributed by atoms with Gasteiger partial charge >= 0.3 is 5.97 Å². The Hall–Kier alpha value is -1.67. The third-order valence-corrected chi connectivity index (χ3v) is 3.83. The Morgan fingerprint density at radius 1 is 1.17 bits per heavy atom. The highest BCUT2D eigenvalue weighted by Gasteiger charge is 2.33. The highest BCUT2D eigenvalue weighted by molar-refractivity contribution is 5.90. The number of carbonyl (C=O) groups is 3. The molecule has 2 unspecified atom stereocenters. The molecule has 0 heterocycles. The van der Waals surface area contributed by atoms with E-state index in [0.717, 1.165) is 25.7 Å². The SMILES string of the molecule is CC(C)CC(C(=O)NCC(=O)OC1CCCC1)C(O)C(=O)NO. The average Bonchev–Trinajstić information content (AvgIpc) is 3.01. The average molecular weight is 330 g/mol. The van der Waals surface area contributed by atoms with Crippen LogP contribution in [0.15, 0.2) is 0 Å². The number of amides is 2. The van der Waals surface area contributed by atoms with E-state index in [2.05, 4.69) is 5.32 Å². The Labute approximate surface area is 135 Å². The van der Waals surface area contributed by atoms with Gasteiger partial charge in [-0.2, -0.15) is 0 Å². The number of carbonyl (C=O) groups excluding carboxylic acids is 3. The molecular weight excluding hydrogens is 304 g/mol. The van der Waals surface area contributed by atoms with Gasteiger partial charge in [0.05, 0.1) is 5.92 Å². The molecule has 0 saturated heterocycles. The maximum absolute atomic E-state index is 12.1. The van der Waals surface area contributed by atoms with Crippen molar-refractivity contribution in [2.45, 2.75) is 58.2 Å². The van der Waals surface area contributed by atoms with Gasteiger partial charge in [0, 0.05) is 0 Å². The van der Waals surface area contributed by atoms with Crippen LogP contribution >= 0.6 is 0 Å². The quantitative estimate of drug-likeness (QED) is 0.284. The van der Waals surface area contributed by atoms with Gasteiger partial charge in [0.2, 0.25) is 5.91 Å². The third-order valence-electron chi connectivity index (χ3n) is 3.83. The minimum atomic E-state index is -1.69. The third kappa shape index (κ3) is 6.54. The second-order valence-corrected chi connectivity index (χ2v) is 6.27. The van der Waals surface area contributed by atoms with Gasteiger partial charge < -0.3 is 15.2 Å². The van der Waals surface area contributed by atoms with Gasteiger partial charge in [-0.25, -0.2) is 5.48 Å². The number of aliphatic hydroxyl groups is 1. The van der Waals surface area contributed by atoms with Crippen LogP contribution in [0, 0.1) is 11.8 Å². The highest BCUT2D eigenvalue weighted by atomic mass is 16.5. The topological polar surface area (TPSA) is 125 Å². The molecule has 0 bridgehead atoms. The Balaban J connectivity index is 2.51. The lowest BCUT2D eigenvalue weighted by atomic mass is 9.91. The minimum Gasteiger partial charge on any atom is -0.461 e. The molecule has 0 spiro atoms. The maximum Gasteiger partial charge on any atom is 0.325 e. The van der Waals surface area contributed by atoms with E-state index >= 15 is 0 Å². The molecule has 8 nitrogen and oxygen atoms in total. The summed E-state index contributed by atoms with van der Waals surface area (Å²) in [6.07, 6.45) is 2.20. The lowest BCUT2D eigenvalue weighted by Gasteiger charge is -2.22. The van der Waals surface area contributed by atoms with E-state index in [0.29, 0.717) is 0 Å². The first-order chi connectivity index (χ1) is 10.8. The number of esters is 1. The standard InChI is InChI=1S/C15H26N2O6/c1-9(2)7-11(13(19)15(21)17-22)14(20)16-8-12(18)23-10-5-3-4-6-10/h9-11,13,19,22H,3-8H2,1-2H3,(H,16,20)(H,17,21). The van der Waals surface area contributed by atoms with E-state index in [1.165, 1.54) is 5.48 Å². The Bertz CT molecular complexity index is 420. The molecule has 1 rings (SSSR count). The summed E-state index contributed by atoms with van der Waals surface area (Å²) in [5.41, 5.74) is 1.33. The van der Waals surface area contributed by atoms with Crippen LogP contribution in [0.1, 0.15) is 46.0 Å². The lowest BCUT2D eigenvalue weighted by molar-refractivity contribution is -0.150. The molecule has 2 amide bonds. The van der Waals surface area contributed by atoms with E-state index < -0.39 is 29.8 Å². The van der Waals surface area contributed by atoms with Crippen molar-refractivity contribution >= 4 is 17.8 Å². The molecule has 1 aliphatic carbocycles. The summed E-state index contributed by atoms with van der Waals surface area (Å²) in [6.45, 7) is 3.35. The molecule has 1 fully saturated rings. The molecule has 1 saturated carbocycles. The number of hydroxylamine groups is 1. The van der Waals surface area contributed by atoms with E-state index in [9.17, 15) is 19.5 Å². The van der Waals surface area contributed by atoms with Gasteiger partial charge in [0.1, 0.15) is 18.8 Å². The highest BCUT2D eigenvalue weighted by Crippen LogP contribution is 2.21. The number of hydrogen-bond donors (Lipinski definition) is 4. The molecule has 23 heavy (non-hydrogen) atoms. The zero-order valence-corrected chi connectivity index (χ0v) is 13.6. The second kappa shape index (κ2) is 9.46. The van der Waals surface area contributed by atoms with E-state index in [-0.39, 0.29) is 25.0 Å².